The fourth-order valence-corrected chi connectivity index (χ4v) is 2.92. The molecular formula is C18H14F4N2O2. The van der Waals surface area contributed by atoms with Crippen LogP contribution in [0.4, 0.5) is 23.2 Å². The fraction of sp³-hybridized carbons (Fsp3) is 0.222. The van der Waals surface area contributed by atoms with Crippen molar-refractivity contribution in [1.29, 1.82) is 0 Å². The first kappa shape index (κ1) is 17.9. The van der Waals surface area contributed by atoms with E-state index in [1.807, 2.05) is 0 Å². The molecule has 4 nitrogen and oxygen atoms in total. The Kier molecular flexibility index (Phi) is 4.67. The Labute approximate surface area is 146 Å². The van der Waals surface area contributed by atoms with Gasteiger partial charge < -0.3 is 10.6 Å². The molecule has 0 saturated heterocycles. The maximum atomic E-state index is 13.1. The molecule has 3 rings (SSSR count). The van der Waals surface area contributed by atoms with Crippen LogP contribution < -0.4 is 10.6 Å². The summed E-state index contributed by atoms with van der Waals surface area (Å²) in [7, 11) is 0. The van der Waals surface area contributed by atoms with E-state index in [0.717, 1.165) is 12.1 Å². The van der Waals surface area contributed by atoms with Crippen LogP contribution in [0.5, 0.6) is 0 Å². The van der Waals surface area contributed by atoms with E-state index < -0.39 is 35.9 Å². The lowest BCUT2D eigenvalue weighted by atomic mass is 9.89. The molecule has 1 atom stereocenters. The van der Waals surface area contributed by atoms with Crippen LogP contribution >= 0.6 is 0 Å². The molecule has 1 aliphatic heterocycles. The van der Waals surface area contributed by atoms with Crippen LogP contribution in [-0.2, 0) is 22.3 Å². The number of para-hydroxylation sites is 1. The Hall–Kier alpha value is -2.90. The Bertz CT molecular complexity index is 865. The molecule has 2 amide bonds. The molecule has 0 aromatic heterocycles. The van der Waals surface area contributed by atoms with Crippen molar-refractivity contribution < 1.29 is 27.2 Å². The molecule has 8 heteroatoms. The number of nitrogens with one attached hydrogen (secondary N) is 2. The van der Waals surface area contributed by atoms with E-state index in [4.69, 9.17) is 0 Å². The Morgan fingerprint density at radius 1 is 1.19 bits per heavy atom. The predicted octanol–water partition coefficient (Wildman–Crippen LogP) is 3.59. The van der Waals surface area contributed by atoms with Gasteiger partial charge in [0.15, 0.2) is 0 Å². The van der Waals surface area contributed by atoms with Gasteiger partial charge in [-0.25, -0.2) is 4.39 Å². The summed E-state index contributed by atoms with van der Waals surface area (Å²) in [6, 6.07) is 9.02. The van der Waals surface area contributed by atoms with Gasteiger partial charge in [-0.3, -0.25) is 9.59 Å². The first-order chi connectivity index (χ1) is 12.3. The molecule has 1 aliphatic rings. The molecule has 0 spiro atoms. The van der Waals surface area contributed by atoms with E-state index in [9.17, 15) is 27.2 Å². The molecule has 2 N–H and O–H groups in total. The highest BCUT2D eigenvalue weighted by molar-refractivity contribution is 6.01. The van der Waals surface area contributed by atoms with Crippen molar-refractivity contribution in [2.24, 2.45) is 0 Å². The zero-order chi connectivity index (χ0) is 18.9. The normalized spacial score (nSPS) is 16.6. The smallest absolute Gasteiger partial charge is 0.351 e. The van der Waals surface area contributed by atoms with Crippen LogP contribution in [-0.4, -0.2) is 11.8 Å². The summed E-state index contributed by atoms with van der Waals surface area (Å²) in [6.45, 7) is -0.422. The van der Waals surface area contributed by atoms with Gasteiger partial charge in [-0.05, 0) is 29.3 Å². The van der Waals surface area contributed by atoms with Gasteiger partial charge in [0.25, 0.3) is 0 Å². The minimum Gasteiger partial charge on any atom is -0.351 e. The molecule has 0 aliphatic carbocycles. The van der Waals surface area contributed by atoms with E-state index in [2.05, 4.69) is 10.6 Å². The highest BCUT2D eigenvalue weighted by atomic mass is 19.4. The van der Waals surface area contributed by atoms with Crippen molar-refractivity contribution in [3.8, 4) is 0 Å². The molecule has 0 saturated carbocycles. The van der Waals surface area contributed by atoms with E-state index in [1.54, 1.807) is 24.3 Å². The molecule has 2 aromatic carbocycles. The van der Waals surface area contributed by atoms with E-state index in [1.165, 1.54) is 0 Å². The van der Waals surface area contributed by atoms with E-state index >= 15 is 0 Å². The number of amides is 2. The summed E-state index contributed by atoms with van der Waals surface area (Å²) < 4.78 is 52.2. The lowest BCUT2D eigenvalue weighted by Gasteiger charge is -2.25. The lowest BCUT2D eigenvalue weighted by molar-refractivity contribution is -0.138. The minimum atomic E-state index is -4.74. The lowest BCUT2D eigenvalue weighted by Crippen LogP contribution is -2.35. The molecule has 136 valence electrons. The van der Waals surface area contributed by atoms with Crippen LogP contribution in [0.25, 0.3) is 0 Å². The number of hydrogen-bond donors (Lipinski definition) is 2. The van der Waals surface area contributed by atoms with Gasteiger partial charge in [-0.1, -0.05) is 24.3 Å². The molecule has 0 bridgehead atoms. The van der Waals surface area contributed by atoms with Crippen molar-refractivity contribution in [1.82, 2.24) is 5.32 Å². The number of carbonyl (C=O) groups is 2. The number of hydrogen-bond acceptors (Lipinski definition) is 2. The van der Waals surface area contributed by atoms with Crippen LogP contribution in [0, 0.1) is 5.82 Å². The largest absolute Gasteiger partial charge is 0.416 e. The van der Waals surface area contributed by atoms with Gasteiger partial charge in [-0.15, -0.1) is 0 Å². The zero-order valence-electron chi connectivity index (χ0n) is 13.4. The van der Waals surface area contributed by atoms with Gasteiger partial charge in [0, 0.05) is 18.7 Å². The molecule has 0 fully saturated rings. The van der Waals surface area contributed by atoms with Crippen LogP contribution in [0.15, 0.2) is 42.5 Å². The number of fused-ring (bicyclic) bond motifs is 1. The summed E-state index contributed by atoms with van der Waals surface area (Å²) in [5.74, 6) is -2.72. The first-order valence-electron chi connectivity index (χ1n) is 7.78. The standard InChI is InChI=1S/C18H14F4N2O2/c19-11-6-5-10(14(7-11)18(20,21)22)9-23-17(26)13-8-16(25)24-15-4-2-1-3-12(13)15/h1-7,13H,8-9H2,(H,23,26)(H,24,25). The topological polar surface area (TPSA) is 58.2 Å². The minimum absolute atomic E-state index is 0.0988. The maximum Gasteiger partial charge on any atom is 0.416 e. The second-order valence-corrected chi connectivity index (χ2v) is 5.91. The number of rotatable bonds is 3. The highest BCUT2D eigenvalue weighted by Crippen LogP contribution is 2.34. The van der Waals surface area contributed by atoms with Crippen molar-refractivity contribution >= 4 is 17.5 Å². The number of halogens is 4. The van der Waals surface area contributed by atoms with Gasteiger partial charge in [0.2, 0.25) is 11.8 Å². The quantitative estimate of drug-likeness (QED) is 0.816. The summed E-state index contributed by atoms with van der Waals surface area (Å²) in [4.78, 5) is 24.2. The van der Waals surface area contributed by atoms with Gasteiger partial charge in [-0.2, -0.15) is 13.2 Å². The monoisotopic (exact) mass is 366 g/mol. The second kappa shape index (κ2) is 6.78. The van der Waals surface area contributed by atoms with Crippen molar-refractivity contribution in [2.45, 2.75) is 25.1 Å². The Morgan fingerprint density at radius 2 is 1.92 bits per heavy atom. The average molecular weight is 366 g/mol. The van der Waals surface area contributed by atoms with Crippen LogP contribution in [0.3, 0.4) is 0 Å². The molecule has 0 radical (unpaired) electrons. The van der Waals surface area contributed by atoms with Gasteiger partial charge >= 0.3 is 6.18 Å². The maximum absolute atomic E-state index is 13.1. The van der Waals surface area contributed by atoms with Crippen molar-refractivity contribution in [3.05, 3.63) is 65.0 Å². The predicted molar refractivity (Wildman–Crippen MR) is 85.7 cm³/mol. The van der Waals surface area contributed by atoms with Crippen molar-refractivity contribution in [3.63, 3.8) is 0 Å². The van der Waals surface area contributed by atoms with Gasteiger partial charge in [0.1, 0.15) is 5.82 Å². The number of benzene rings is 2. The summed E-state index contributed by atoms with van der Waals surface area (Å²) in [5, 5.41) is 5.07. The number of alkyl halides is 3. The number of carbonyl (C=O) groups excluding carboxylic acids is 2. The Morgan fingerprint density at radius 3 is 2.65 bits per heavy atom. The second-order valence-electron chi connectivity index (χ2n) is 5.91. The molecular weight excluding hydrogens is 352 g/mol. The summed E-state index contributed by atoms with van der Waals surface area (Å²) >= 11 is 0. The summed E-state index contributed by atoms with van der Waals surface area (Å²) in [5.41, 5.74) is -0.290. The fourth-order valence-electron chi connectivity index (χ4n) is 2.92. The first-order valence-corrected chi connectivity index (χ1v) is 7.78. The summed E-state index contributed by atoms with van der Waals surface area (Å²) in [6.07, 6.45) is -4.84. The Balaban J connectivity index is 1.79. The van der Waals surface area contributed by atoms with Crippen LogP contribution in [0.1, 0.15) is 29.0 Å². The highest BCUT2D eigenvalue weighted by Gasteiger charge is 2.34. The van der Waals surface area contributed by atoms with E-state index in [-0.39, 0.29) is 17.9 Å². The van der Waals surface area contributed by atoms with Crippen LogP contribution in [0.2, 0.25) is 0 Å². The third-order valence-electron chi connectivity index (χ3n) is 4.15. The SMILES string of the molecule is O=C1CC(C(=O)NCc2ccc(F)cc2C(F)(F)F)c2ccccc2N1. The van der Waals surface area contributed by atoms with Crippen molar-refractivity contribution in [2.75, 3.05) is 5.32 Å². The molecule has 1 unspecified atom stereocenters. The molecule has 2 aromatic rings. The molecule has 1 heterocycles. The van der Waals surface area contributed by atoms with E-state index in [0.29, 0.717) is 17.3 Å². The van der Waals surface area contributed by atoms with Gasteiger partial charge in [0.05, 0.1) is 11.5 Å². The zero-order valence-corrected chi connectivity index (χ0v) is 13.4. The third-order valence-corrected chi connectivity index (χ3v) is 4.15. The molecule has 26 heavy (non-hydrogen) atoms. The average Bonchev–Trinajstić information content (AvgIpc) is 2.58. The number of anilines is 1. The third kappa shape index (κ3) is 3.68.